The fourth-order valence-electron chi connectivity index (χ4n) is 6.15. The Morgan fingerprint density at radius 2 is 1.84 bits per heavy atom. The highest BCUT2D eigenvalue weighted by Gasteiger charge is 2.55. The molecule has 0 saturated carbocycles. The zero-order valence-electron chi connectivity index (χ0n) is 23.1. The van der Waals surface area contributed by atoms with Gasteiger partial charge in [0.1, 0.15) is 5.75 Å². The smallest absolute Gasteiger partial charge is 0.271 e. The lowest BCUT2D eigenvalue weighted by Crippen LogP contribution is -2.39. The summed E-state index contributed by atoms with van der Waals surface area (Å²) in [6, 6.07) is 17.3. The number of nitrogens with zero attached hydrogens (tertiary/aromatic N) is 3. The molecule has 2 aromatic carbocycles. The summed E-state index contributed by atoms with van der Waals surface area (Å²) in [5.74, 6) is -3.87. The number of carbonyl (C=O) groups is 2. The van der Waals surface area contributed by atoms with Gasteiger partial charge in [0.2, 0.25) is 11.8 Å². The van der Waals surface area contributed by atoms with Crippen LogP contribution in [0.25, 0.3) is 11.6 Å². The van der Waals surface area contributed by atoms with E-state index >= 15 is 0 Å². The maximum atomic E-state index is 13.7. The number of benzene rings is 2. The number of nitro groups is 1. The van der Waals surface area contributed by atoms with Crippen LogP contribution in [0.4, 0.5) is 11.4 Å². The molecule has 1 aromatic heterocycles. The second kappa shape index (κ2) is 12.7. The number of non-ortho nitro benzene ring substituents is 1. The highest BCUT2D eigenvalue weighted by atomic mass is 16.6. The van der Waals surface area contributed by atoms with Crippen molar-refractivity contribution in [2.45, 2.75) is 25.4 Å². The number of anilines is 1. The molecule has 0 unspecified atom stereocenters. The minimum atomic E-state index is -1.15. The molecule has 2 heterocycles. The maximum Gasteiger partial charge on any atom is 0.271 e. The molecule has 4 atom stereocenters. The molecule has 0 bridgehead atoms. The lowest BCUT2D eigenvalue weighted by Gasteiger charge is -2.36. The van der Waals surface area contributed by atoms with Crippen LogP contribution in [0, 0.1) is 27.9 Å². The average molecular weight is 586 g/mol. The number of aromatic nitrogens is 1. The van der Waals surface area contributed by atoms with Gasteiger partial charge in [-0.05, 0) is 78.0 Å². The van der Waals surface area contributed by atoms with Gasteiger partial charge in [0.25, 0.3) is 5.69 Å². The van der Waals surface area contributed by atoms with Crippen LogP contribution in [-0.2, 0) is 9.59 Å². The Kier molecular flexibility index (Phi) is 8.76. The van der Waals surface area contributed by atoms with Crippen molar-refractivity contribution in [1.82, 2.24) is 4.98 Å². The highest BCUT2D eigenvalue weighted by Crippen LogP contribution is 2.47. The van der Waals surface area contributed by atoms with Crippen molar-refractivity contribution in [2.24, 2.45) is 17.8 Å². The standard InChI is InChI=1S/C32H31N3O8/c36-17-21-15-25-30(32(41)34(31(25)40)22-4-3-5-23(16-22)35(42)43)26(18-37)29(21)28(39)12-9-20(27-6-1-2-13-33-27)14-19-7-10-24(38)11-8-19/h1-8,10-11,13-14,16,25-26,28,30,36-39H,9,12,15,17-18H2/b20-14-/t25-,26+,28-,30-/m1/s1. The van der Waals surface area contributed by atoms with E-state index in [-0.39, 0.29) is 30.0 Å². The number of nitro benzene ring substituents is 1. The van der Waals surface area contributed by atoms with E-state index in [1.54, 1.807) is 36.5 Å². The number of rotatable bonds is 10. The van der Waals surface area contributed by atoms with Gasteiger partial charge in [-0.25, -0.2) is 4.90 Å². The predicted molar refractivity (Wildman–Crippen MR) is 157 cm³/mol. The van der Waals surface area contributed by atoms with Gasteiger partial charge in [-0.1, -0.05) is 24.3 Å². The first-order chi connectivity index (χ1) is 20.7. The van der Waals surface area contributed by atoms with Gasteiger partial charge < -0.3 is 20.4 Å². The van der Waals surface area contributed by atoms with E-state index in [1.807, 2.05) is 18.2 Å². The third kappa shape index (κ3) is 5.96. The Labute approximate surface area is 247 Å². The summed E-state index contributed by atoms with van der Waals surface area (Å²) in [5, 5.41) is 53.2. The number of phenolic OH excluding ortho intramolecular Hbond substituents is 1. The molecule has 0 spiro atoms. The number of imide groups is 1. The fourth-order valence-corrected chi connectivity index (χ4v) is 6.15. The second-order valence-electron chi connectivity index (χ2n) is 10.7. The van der Waals surface area contributed by atoms with E-state index in [0.29, 0.717) is 23.3 Å². The minimum absolute atomic E-state index is 0.0104. The molecule has 1 aliphatic heterocycles. The van der Waals surface area contributed by atoms with Gasteiger partial charge in [0, 0.05) is 24.2 Å². The number of amides is 2. The van der Waals surface area contributed by atoms with E-state index in [4.69, 9.17) is 0 Å². The third-order valence-electron chi connectivity index (χ3n) is 8.14. The lowest BCUT2D eigenvalue weighted by molar-refractivity contribution is -0.384. The van der Waals surface area contributed by atoms with Gasteiger partial charge in [-0.3, -0.25) is 24.7 Å². The van der Waals surface area contributed by atoms with E-state index in [0.717, 1.165) is 22.1 Å². The Balaban J connectivity index is 1.43. The molecule has 222 valence electrons. The molecule has 11 nitrogen and oxygen atoms in total. The van der Waals surface area contributed by atoms with Crippen molar-refractivity contribution in [3.05, 3.63) is 105 Å². The van der Waals surface area contributed by atoms with Gasteiger partial charge >= 0.3 is 0 Å². The van der Waals surface area contributed by atoms with Crippen molar-refractivity contribution in [1.29, 1.82) is 0 Å². The Bertz CT molecular complexity index is 1590. The number of hydrogen-bond acceptors (Lipinski definition) is 9. The van der Waals surface area contributed by atoms with Crippen molar-refractivity contribution < 1.29 is 34.9 Å². The molecule has 2 aliphatic rings. The zero-order chi connectivity index (χ0) is 30.7. The van der Waals surface area contributed by atoms with Gasteiger partial charge in [0.05, 0.1) is 47.5 Å². The molecule has 4 N–H and O–H groups in total. The van der Waals surface area contributed by atoms with Gasteiger partial charge in [-0.2, -0.15) is 0 Å². The topological polar surface area (TPSA) is 174 Å². The number of phenols is 1. The normalized spacial score (nSPS) is 21.2. The summed E-state index contributed by atoms with van der Waals surface area (Å²) in [7, 11) is 0. The van der Waals surface area contributed by atoms with Gasteiger partial charge in [0.15, 0.2) is 0 Å². The lowest BCUT2D eigenvalue weighted by atomic mass is 9.68. The molecule has 5 rings (SSSR count). The molecule has 1 saturated heterocycles. The number of pyridine rings is 1. The molecular weight excluding hydrogens is 554 g/mol. The molecule has 0 radical (unpaired) electrons. The van der Waals surface area contributed by atoms with E-state index in [2.05, 4.69) is 4.98 Å². The van der Waals surface area contributed by atoms with Crippen LogP contribution in [0.2, 0.25) is 0 Å². The monoisotopic (exact) mass is 585 g/mol. The van der Waals surface area contributed by atoms with Gasteiger partial charge in [-0.15, -0.1) is 0 Å². The summed E-state index contributed by atoms with van der Waals surface area (Å²) >= 11 is 0. The van der Waals surface area contributed by atoms with Crippen LogP contribution < -0.4 is 4.90 Å². The first kappa shape index (κ1) is 29.8. The van der Waals surface area contributed by atoms with Crippen LogP contribution in [0.15, 0.2) is 84.1 Å². The summed E-state index contributed by atoms with van der Waals surface area (Å²) in [6.45, 7) is -1.02. The summed E-state index contributed by atoms with van der Waals surface area (Å²) in [4.78, 5) is 43.2. The number of aliphatic hydroxyl groups excluding tert-OH is 3. The number of aromatic hydroxyl groups is 1. The number of carbonyl (C=O) groups excluding carboxylic acids is 2. The quantitative estimate of drug-likeness (QED) is 0.120. The molecule has 43 heavy (non-hydrogen) atoms. The number of fused-ring (bicyclic) bond motifs is 1. The summed E-state index contributed by atoms with van der Waals surface area (Å²) in [6.07, 6.45) is 2.93. The Hall–Kier alpha value is -4.71. The van der Waals surface area contributed by atoms with Crippen molar-refractivity contribution in [3.8, 4) is 5.75 Å². The van der Waals surface area contributed by atoms with E-state index < -0.39 is 53.8 Å². The van der Waals surface area contributed by atoms with Crippen LogP contribution in [-0.4, -0.2) is 61.5 Å². The zero-order valence-corrected chi connectivity index (χ0v) is 23.1. The highest BCUT2D eigenvalue weighted by molar-refractivity contribution is 6.22. The summed E-state index contributed by atoms with van der Waals surface area (Å²) < 4.78 is 0. The number of allylic oxidation sites excluding steroid dienone is 1. The second-order valence-corrected chi connectivity index (χ2v) is 10.7. The molecule has 2 amide bonds. The molecule has 1 aliphatic carbocycles. The van der Waals surface area contributed by atoms with Crippen molar-refractivity contribution >= 4 is 34.8 Å². The molecule has 11 heteroatoms. The van der Waals surface area contributed by atoms with Crippen LogP contribution >= 0.6 is 0 Å². The minimum Gasteiger partial charge on any atom is -0.508 e. The number of hydrogen-bond donors (Lipinski definition) is 4. The maximum absolute atomic E-state index is 13.7. The average Bonchev–Trinajstić information content (AvgIpc) is 3.28. The molecule has 3 aromatic rings. The fraction of sp³-hybridized carbons (Fsp3) is 0.281. The molecule has 1 fully saturated rings. The van der Waals surface area contributed by atoms with E-state index in [1.165, 1.54) is 18.2 Å². The Morgan fingerprint density at radius 1 is 1.07 bits per heavy atom. The van der Waals surface area contributed by atoms with Crippen molar-refractivity contribution in [3.63, 3.8) is 0 Å². The first-order valence-corrected chi connectivity index (χ1v) is 13.9. The summed E-state index contributed by atoms with van der Waals surface area (Å²) in [5.41, 5.74) is 2.80. The largest absolute Gasteiger partial charge is 0.508 e. The molecular formula is C32H31N3O8. The Morgan fingerprint density at radius 3 is 2.49 bits per heavy atom. The third-order valence-corrected chi connectivity index (χ3v) is 8.14. The first-order valence-electron chi connectivity index (χ1n) is 13.9. The number of aliphatic hydroxyl groups is 3. The van der Waals surface area contributed by atoms with E-state index in [9.17, 15) is 40.1 Å². The van der Waals surface area contributed by atoms with Crippen molar-refractivity contribution in [2.75, 3.05) is 18.1 Å². The predicted octanol–water partition coefficient (Wildman–Crippen LogP) is 3.48. The van der Waals surface area contributed by atoms with Crippen LogP contribution in [0.1, 0.15) is 30.5 Å². The van der Waals surface area contributed by atoms with Crippen LogP contribution in [0.3, 0.4) is 0 Å². The SMILES string of the molecule is O=C1[C@@H]2[C@@H](CC(CO)=C([C@H](O)CC/C(=C/c3ccc(O)cc3)c3ccccn3)[C@@H]2CO)C(=O)N1c1cccc([N+](=O)[O-])c1. The van der Waals surface area contributed by atoms with Crippen LogP contribution in [0.5, 0.6) is 5.75 Å².